The van der Waals surface area contributed by atoms with Gasteiger partial charge in [-0.05, 0) is 37.1 Å². The van der Waals surface area contributed by atoms with Gasteiger partial charge >= 0.3 is 0 Å². The van der Waals surface area contributed by atoms with Crippen LogP contribution in [0.15, 0.2) is 0 Å². The van der Waals surface area contributed by atoms with Crippen LogP contribution in [0.1, 0.15) is 32.6 Å². The summed E-state index contributed by atoms with van der Waals surface area (Å²) in [6.45, 7) is 6.41. The largest absolute Gasteiger partial charge is 0.302 e. The van der Waals surface area contributed by atoms with Gasteiger partial charge in [0.25, 0.3) is 0 Å². The molecule has 2 fully saturated rings. The van der Waals surface area contributed by atoms with Crippen molar-refractivity contribution in [3.8, 4) is 0 Å². The number of alkyl halides is 1. The van der Waals surface area contributed by atoms with Gasteiger partial charge in [0.2, 0.25) is 0 Å². The maximum Gasteiger partial charge on any atom is 0.0100 e. The highest BCUT2D eigenvalue weighted by Crippen LogP contribution is 2.43. The molecule has 1 saturated carbocycles. The van der Waals surface area contributed by atoms with E-state index in [4.69, 9.17) is 0 Å². The standard InChI is InChI=1S/C11H20BrN/c1-10-3-6-13(7-10)9-11(8-12)4-2-5-11/h10H,2-9H2,1H3. The summed E-state index contributed by atoms with van der Waals surface area (Å²) in [5.74, 6) is 0.937. The third-order valence-corrected chi connectivity index (χ3v) is 4.95. The summed E-state index contributed by atoms with van der Waals surface area (Å²) in [5.41, 5.74) is 0.657. The Bertz CT molecular complexity index is 171. The zero-order valence-electron chi connectivity index (χ0n) is 8.56. The molecule has 0 radical (unpaired) electrons. The summed E-state index contributed by atoms with van der Waals surface area (Å²) >= 11 is 3.68. The minimum absolute atomic E-state index is 0.657. The Kier molecular flexibility index (Phi) is 2.99. The van der Waals surface area contributed by atoms with Crippen molar-refractivity contribution in [3.63, 3.8) is 0 Å². The highest BCUT2D eigenvalue weighted by Gasteiger charge is 2.38. The number of hydrogen-bond donors (Lipinski definition) is 0. The molecule has 0 aromatic heterocycles. The number of rotatable bonds is 3. The SMILES string of the molecule is CC1CCN(CC2(CBr)CCC2)C1. The molecule has 0 amide bonds. The smallest absolute Gasteiger partial charge is 0.0100 e. The van der Waals surface area contributed by atoms with Crippen LogP contribution in [0.5, 0.6) is 0 Å². The molecule has 0 spiro atoms. The molecule has 13 heavy (non-hydrogen) atoms. The van der Waals surface area contributed by atoms with Crippen LogP contribution in [0.4, 0.5) is 0 Å². The minimum Gasteiger partial charge on any atom is -0.302 e. The van der Waals surface area contributed by atoms with Crippen molar-refractivity contribution in [1.29, 1.82) is 0 Å². The quantitative estimate of drug-likeness (QED) is 0.692. The molecule has 1 nitrogen and oxygen atoms in total. The molecule has 1 saturated heterocycles. The third-order valence-electron chi connectivity index (χ3n) is 3.76. The third kappa shape index (κ3) is 2.10. The van der Waals surface area contributed by atoms with Gasteiger partial charge in [0.15, 0.2) is 0 Å². The molecule has 1 atom stereocenters. The second kappa shape index (κ2) is 3.90. The zero-order valence-corrected chi connectivity index (χ0v) is 10.1. The normalized spacial score (nSPS) is 33.2. The maximum atomic E-state index is 3.68. The van der Waals surface area contributed by atoms with Crippen LogP contribution in [0.25, 0.3) is 0 Å². The highest BCUT2D eigenvalue weighted by molar-refractivity contribution is 9.09. The first-order valence-corrected chi connectivity index (χ1v) is 6.65. The second-order valence-corrected chi connectivity index (χ2v) is 5.68. The Labute approximate surface area is 90.0 Å². The summed E-state index contributed by atoms with van der Waals surface area (Å²) in [6.07, 6.45) is 5.76. The minimum atomic E-state index is 0.657. The fourth-order valence-electron chi connectivity index (χ4n) is 2.66. The van der Waals surface area contributed by atoms with E-state index in [0.717, 1.165) is 5.92 Å². The van der Waals surface area contributed by atoms with Crippen molar-refractivity contribution in [3.05, 3.63) is 0 Å². The molecule has 1 aliphatic heterocycles. The lowest BCUT2D eigenvalue weighted by Gasteiger charge is -2.43. The van der Waals surface area contributed by atoms with Gasteiger partial charge in [-0.15, -0.1) is 0 Å². The van der Waals surface area contributed by atoms with Crippen LogP contribution < -0.4 is 0 Å². The maximum absolute atomic E-state index is 3.68. The number of halogens is 1. The van der Waals surface area contributed by atoms with Crippen LogP contribution in [0.3, 0.4) is 0 Å². The van der Waals surface area contributed by atoms with Crippen molar-refractivity contribution in [2.45, 2.75) is 32.6 Å². The summed E-state index contributed by atoms with van der Waals surface area (Å²) in [5, 5.41) is 1.21. The fraction of sp³-hybridized carbons (Fsp3) is 1.00. The predicted octanol–water partition coefficient (Wildman–Crippen LogP) is 2.89. The Morgan fingerprint density at radius 2 is 2.23 bits per heavy atom. The van der Waals surface area contributed by atoms with Crippen molar-refractivity contribution in [2.24, 2.45) is 11.3 Å². The van der Waals surface area contributed by atoms with Gasteiger partial charge in [0.1, 0.15) is 0 Å². The van der Waals surface area contributed by atoms with Crippen molar-refractivity contribution in [1.82, 2.24) is 4.90 Å². The molecule has 1 unspecified atom stereocenters. The van der Waals surface area contributed by atoms with Gasteiger partial charge in [0.05, 0.1) is 0 Å². The first-order valence-electron chi connectivity index (χ1n) is 5.52. The van der Waals surface area contributed by atoms with Crippen molar-refractivity contribution in [2.75, 3.05) is 25.0 Å². The van der Waals surface area contributed by atoms with Crippen molar-refractivity contribution >= 4 is 15.9 Å². The fourth-order valence-corrected chi connectivity index (χ4v) is 3.39. The van der Waals surface area contributed by atoms with Crippen molar-refractivity contribution < 1.29 is 0 Å². The second-order valence-electron chi connectivity index (χ2n) is 5.12. The lowest BCUT2D eigenvalue weighted by Crippen LogP contribution is -2.42. The number of nitrogens with zero attached hydrogens (tertiary/aromatic N) is 1. The van der Waals surface area contributed by atoms with Crippen LogP contribution in [0, 0.1) is 11.3 Å². The van der Waals surface area contributed by atoms with Gasteiger partial charge in [-0.2, -0.15) is 0 Å². The van der Waals surface area contributed by atoms with Gasteiger partial charge in [-0.3, -0.25) is 0 Å². The van der Waals surface area contributed by atoms with Crippen LogP contribution >= 0.6 is 15.9 Å². The predicted molar refractivity (Wildman–Crippen MR) is 60.3 cm³/mol. The van der Waals surface area contributed by atoms with Crippen LogP contribution in [-0.4, -0.2) is 29.9 Å². The van der Waals surface area contributed by atoms with Gasteiger partial charge in [0, 0.05) is 18.4 Å². The zero-order chi connectivity index (χ0) is 9.31. The Balaban J connectivity index is 1.83. The Morgan fingerprint density at radius 1 is 1.46 bits per heavy atom. The molecular formula is C11H20BrN. The van der Waals surface area contributed by atoms with Gasteiger partial charge in [-0.1, -0.05) is 29.3 Å². The van der Waals surface area contributed by atoms with E-state index < -0.39 is 0 Å². The monoisotopic (exact) mass is 245 g/mol. The summed E-state index contributed by atoms with van der Waals surface area (Å²) < 4.78 is 0. The van der Waals surface area contributed by atoms with Crippen LogP contribution in [0.2, 0.25) is 0 Å². The molecule has 2 rings (SSSR count). The summed E-state index contributed by atoms with van der Waals surface area (Å²) in [7, 11) is 0. The first-order chi connectivity index (χ1) is 6.24. The van der Waals surface area contributed by atoms with Crippen LogP contribution in [-0.2, 0) is 0 Å². The molecule has 0 aromatic carbocycles. The van der Waals surface area contributed by atoms with Gasteiger partial charge in [-0.25, -0.2) is 0 Å². The lowest BCUT2D eigenvalue weighted by molar-refractivity contribution is 0.103. The van der Waals surface area contributed by atoms with E-state index in [0.29, 0.717) is 5.41 Å². The topological polar surface area (TPSA) is 3.24 Å². The van der Waals surface area contributed by atoms with E-state index in [-0.39, 0.29) is 0 Å². The molecule has 1 aliphatic carbocycles. The molecule has 2 heteroatoms. The summed E-state index contributed by atoms with van der Waals surface area (Å²) in [6, 6.07) is 0. The Morgan fingerprint density at radius 3 is 2.62 bits per heavy atom. The molecule has 2 aliphatic rings. The van der Waals surface area contributed by atoms with E-state index in [1.807, 2.05) is 0 Å². The molecule has 1 heterocycles. The molecule has 76 valence electrons. The summed E-state index contributed by atoms with van der Waals surface area (Å²) in [4.78, 5) is 2.67. The molecule has 0 aromatic rings. The van der Waals surface area contributed by atoms with E-state index in [2.05, 4.69) is 27.8 Å². The first kappa shape index (κ1) is 9.97. The Hall–Kier alpha value is 0.440. The average molecular weight is 246 g/mol. The van der Waals surface area contributed by atoms with E-state index in [1.54, 1.807) is 0 Å². The molecule has 0 N–H and O–H groups in total. The molecule has 0 bridgehead atoms. The van der Waals surface area contributed by atoms with E-state index in [1.165, 1.54) is 50.6 Å². The number of likely N-dealkylation sites (tertiary alicyclic amines) is 1. The molecular weight excluding hydrogens is 226 g/mol. The van der Waals surface area contributed by atoms with E-state index in [9.17, 15) is 0 Å². The highest BCUT2D eigenvalue weighted by atomic mass is 79.9. The lowest BCUT2D eigenvalue weighted by atomic mass is 9.70. The van der Waals surface area contributed by atoms with Gasteiger partial charge < -0.3 is 4.90 Å². The number of hydrogen-bond acceptors (Lipinski definition) is 1. The van der Waals surface area contributed by atoms with E-state index >= 15 is 0 Å². The average Bonchev–Trinajstić information content (AvgIpc) is 2.44.